The number of carbonyl (C=O) groups excluding carboxylic acids is 1. The van der Waals surface area contributed by atoms with E-state index in [2.05, 4.69) is 17.0 Å². The molecule has 0 atom stereocenters. The Kier molecular flexibility index (Phi) is 9.14. The second kappa shape index (κ2) is 11.8. The highest BCUT2D eigenvalue weighted by Gasteiger charge is 2.27. The number of likely N-dealkylation sites (tertiary alicyclic amines) is 1. The van der Waals surface area contributed by atoms with Gasteiger partial charge in [-0.3, -0.25) is 9.69 Å². The smallest absolute Gasteiger partial charge is 0.414 e. The largest absolute Gasteiger partial charge is 0.473 e. The van der Waals surface area contributed by atoms with Crippen LogP contribution in [0, 0.1) is 11.7 Å². The molecule has 0 aliphatic carbocycles. The van der Waals surface area contributed by atoms with Crippen molar-refractivity contribution < 1.29 is 29.0 Å². The van der Waals surface area contributed by atoms with E-state index >= 15 is 0 Å². The molecule has 0 bridgehead atoms. The van der Waals surface area contributed by atoms with Crippen LogP contribution in [0.4, 0.5) is 4.39 Å². The zero-order valence-electron chi connectivity index (χ0n) is 17.4. The molecular formula is C23H27FN2O5. The monoisotopic (exact) mass is 430 g/mol. The van der Waals surface area contributed by atoms with E-state index in [4.69, 9.17) is 19.8 Å². The van der Waals surface area contributed by atoms with Crippen molar-refractivity contribution in [1.29, 1.82) is 0 Å². The molecule has 7 nitrogen and oxygen atoms in total. The summed E-state index contributed by atoms with van der Waals surface area (Å²) in [7, 11) is 1.89. The van der Waals surface area contributed by atoms with Crippen molar-refractivity contribution in [1.82, 2.24) is 9.80 Å². The SMILES string of the molecule is CN(Cc1ccccc1)C(=O)C1CCN(Cc2ccc(F)cc2)CC1.O=C(O)C(=O)O. The molecule has 1 fully saturated rings. The number of rotatable bonds is 5. The van der Waals surface area contributed by atoms with E-state index in [-0.39, 0.29) is 17.6 Å². The third-order valence-electron chi connectivity index (χ3n) is 5.08. The number of hydrogen-bond acceptors (Lipinski definition) is 4. The van der Waals surface area contributed by atoms with Crippen molar-refractivity contribution in [2.24, 2.45) is 5.92 Å². The lowest BCUT2D eigenvalue weighted by Gasteiger charge is -2.33. The van der Waals surface area contributed by atoms with Gasteiger partial charge in [-0.15, -0.1) is 0 Å². The van der Waals surface area contributed by atoms with Crippen molar-refractivity contribution in [3.8, 4) is 0 Å². The molecule has 1 amide bonds. The minimum absolute atomic E-state index is 0.109. The molecule has 0 aromatic heterocycles. The number of hydrogen-bond donors (Lipinski definition) is 2. The topological polar surface area (TPSA) is 98.2 Å². The molecule has 1 aliphatic rings. The average molecular weight is 430 g/mol. The molecule has 31 heavy (non-hydrogen) atoms. The molecule has 0 unspecified atom stereocenters. The van der Waals surface area contributed by atoms with E-state index in [1.165, 1.54) is 12.1 Å². The van der Waals surface area contributed by atoms with E-state index in [1.807, 2.05) is 42.3 Å². The summed E-state index contributed by atoms with van der Waals surface area (Å²) < 4.78 is 13.0. The first-order valence-corrected chi connectivity index (χ1v) is 9.98. The Morgan fingerprint density at radius 1 is 0.935 bits per heavy atom. The molecule has 1 aliphatic heterocycles. The van der Waals surface area contributed by atoms with E-state index < -0.39 is 11.9 Å². The molecule has 166 valence electrons. The van der Waals surface area contributed by atoms with Gasteiger partial charge in [0, 0.05) is 26.1 Å². The highest BCUT2D eigenvalue weighted by atomic mass is 19.1. The summed E-state index contributed by atoms with van der Waals surface area (Å²) in [6.45, 7) is 3.30. The normalized spacial score (nSPS) is 14.3. The second-order valence-corrected chi connectivity index (χ2v) is 7.47. The molecule has 2 aromatic rings. The predicted octanol–water partition coefficient (Wildman–Crippen LogP) is 2.85. The zero-order valence-corrected chi connectivity index (χ0v) is 17.4. The number of amides is 1. The Morgan fingerprint density at radius 3 is 2.00 bits per heavy atom. The third-order valence-corrected chi connectivity index (χ3v) is 5.08. The highest BCUT2D eigenvalue weighted by molar-refractivity contribution is 6.27. The van der Waals surface area contributed by atoms with Crippen LogP contribution in [0.2, 0.25) is 0 Å². The molecule has 3 rings (SSSR count). The van der Waals surface area contributed by atoms with Crippen LogP contribution in [0.3, 0.4) is 0 Å². The number of halogens is 1. The van der Waals surface area contributed by atoms with Crippen LogP contribution in [0.25, 0.3) is 0 Å². The van der Waals surface area contributed by atoms with Gasteiger partial charge in [0.05, 0.1) is 0 Å². The first-order chi connectivity index (χ1) is 14.8. The first kappa shape index (κ1) is 24.0. The van der Waals surface area contributed by atoms with Crippen LogP contribution >= 0.6 is 0 Å². The van der Waals surface area contributed by atoms with Crippen LogP contribution < -0.4 is 0 Å². The number of piperidine rings is 1. The second-order valence-electron chi connectivity index (χ2n) is 7.47. The number of carboxylic acids is 2. The fraction of sp³-hybridized carbons (Fsp3) is 0.348. The standard InChI is InChI=1S/C21H25FN2O.C2H2O4/c1-23(15-17-5-3-2-4-6-17)21(25)19-11-13-24(14-12-19)16-18-7-9-20(22)10-8-18;3-1(4)2(5)6/h2-10,19H,11-16H2,1H3;(H,3,4)(H,5,6). The summed E-state index contributed by atoms with van der Waals surface area (Å²) in [4.78, 5) is 35.1. The van der Waals surface area contributed by atoms with Gasteiger partial charge >= 0.3 is 11.9 Å². The molecule has 2 aromatic carbocycles. The molecule has 1 saturated heterocycles. The quantitative estimate of drug-likeness (QED) is 0.708. The van der Waals surface area contributed by atoms with Gasteiger partial charge in [-0.1, -0.05) is 42.5 Å². The summed E-state index contributed by atoms with van der Waals surface area (Å²) in [6.07, 6.45) is 1.78. The fourth-order valence-corrected chi connectivity index (χ4v) is 3.43. The molecule has 0 spiro atoms. The lowest BCUT2D eigenvalue weighted by atomic mass is 9.95. The van der Waals surface area contributed by atoms with Crippen LogP contribution in [0.1, 0.15) is 24.0 Å². The average Bonchev–Trinajstić information content (AvgIpc) is 2.76. The summed E-state index contributed by atoms with van der Waals surface area (Å²) in [5.74, 6) is -3.50. The van der Waals surface area contributed by atoms with E-state index in [0.29, 0.717) is 6.54 Å². The lowest BCUT2D eigenvalue weighted by molar-refractivity contribution is -0.159. The summed E-state index contributed by atoms with van der Waals surface area (Å²) in [5.41, 5.74) is 2.28. The first-order valence-electron chi connectivity index (χ1n) is 9.98. The molecule has 0 saturated carbocycles. The summed E-state index contributed by atoms with van der Waals surface area (Å²) in [5, 5.41) is 14.8. The summed E-state index contributed by atoms with van der Waals surface area (Å²) in [6, 6.07) is 16.8. The minimum atomic E-state index is -1.82. The van der Waals surface area contributed by atoms with Gasteiger partial charge in [-0.25, -0.2) is 14.0 Å². The van der Waals surface area contributed by atoms with Crippen LogP contribution in [-0.2, 0) is 27.5 Å². The van der Waals surface area contributed by atoms with E-state index in [9.17, 15) is 9.18 Å². The van der Waals surface area contributed by atoms with Gasteiger partial charge < -0.3 is 15.1 Å². The van der Waals surface area contributed by atoms with Crippen molar-refractivity contribution in [2.75, 3.05) is 20.1 Å². The van der Waals surface area contributed by atoms with Crippen molar-refractivity contribution in [2.45, 2.75) is 25.9 Å². The van der Waals surface area contributed by atoms with Gasteiger partial charge in [-0.2, -0.15) is 0 Å². The lowest BCUT2D eigenvalue weighted by Crippen LogP contribution is -2.40. The Balaban J connectivity index is 0.000000501. The Bertz CT molecular complexity index is 853. The van der Waals surface area contributed by atoms with Crippen molar-refractivity contribution in [3.05, 3.63) is 71.5 Å². The van der Waals surface area contributed by atoms with Crippen LogP contribution in [0.5, 0.6) is 0 Å². The molecule has 1 heterocycles. The number of nitrogens with zero attached hydrogens (tertiary/aromatic N) is 2. The third kappa shape index (κ3) is 8.18. The Morgan fingerprint density at radius 2 is 1.48 bits per heavy atom. The fourth-order valence-electron chi connectivity index (χ4n) is 3.43. The maximum Gasteiger partial charge on any atom is 0.414 e. The molecular weight excluding hydrogens is 403 g/mol. The van der Waals surface area contributed by atoms with Crippen molar-refractivity contribution in [3.63, 3.8) is 0 Å². The summed E-state index contributed by atoms with van der Waals surface area (Å²) >= 11 is 0. The van der Waals surface area contributed by atoms with Crippen molar-refractivity contribution >= 4 is 17.8 Å². The highest BCUT2D eigenvalue weighted by Crippen LogP contribution is 2.21. The van der Waals surface area contributed by atoms with Gasteiger partial charge in [0.1, 0.15) is 5.82 Å². The minimum Gasteiger partial charge on any atom is -0.473 e. The molecule has 8 heteroatoms. The molecule has 0 radical (unpaired) electrons. The predicted molar refractivity (Wildman–Crippen MR) is 113 cm³/mol. The Labute approximate surface area is 180 Å². The number of aliphatic carboxylic acids is 2. The van der Waals surface area contributed by atoms with Crippen LogP contribution in [0.15, 0.2) is 54.6 Å². The Hall–Kier alpha value is -3.26. The van der Waals surface area contributed by atoms with Gasteiger partial charge in [0.25, 0.3) is 0 Å². The molecule has 2 N–H and O–H groups in total. The maximum atomic E-state index is 13.0. The number of carboxylic acid groups (broad SMARTS) is 2. The maximum absolute atomic E-state index is 13.0. The number of carbonyl (C=O) groups is 3. The number of benzene rings is 2. The van der Waals surface area contributed by atoms with Crippen LogP contribution in [-0.4, -0.2) is 58.0 Å². The van der Waals surface area contributed by atoms with Gasteiger partial charge in [0.2, 0.25) is 5.91 Å². The van der Waals surface area contributed by atoms with Gasteiger partial charge in [-0.05, 0) is 49.2 Å². The zero-order chi connectivity index (χ0) is 22.8. The van der Waals surface area contributed by atoms with Gasteiger partial charge in [0.15, 0.2) is 0 Å². The van der Waals surface area contributed by atoms with E-state index in [0.717, 1.165) is 43.6 Å². The van der Waals surface area contributed by atoms with E-state index in [1.54, 1.807) is 0 Å².